The van der Waals surface area contributed by atoms with Crippen molar-refractivity contribution >= 4 is 10.0 Å². The van der Waals surface area contributed by atoms with Crippen molar-refractivity contribution in [3.63, 3.8) is 0 Å². The number of ether oxygens (including phenoxy) is 2. The van der Waals surface area contributed by atoms with Crippen LogP contribution in [0.5, 0.6) is 11.5 Å². The molecule has 0 bridgehead atoms. The average molecular weight is 319 g/mol. The predicted octanol–water partition coefficient (Wildman–Crippen LogP) is 0.892. The Kier molecular flexibility index (Phi) is 4.70. The summed E-state index contributed by atoms with van der Waals surface area (Å²) in [7, 11) is -1.30. The highest BCUT2D eigenvalue weighted by Crippen LogP contribution is 2.32. The molecule has 1 aliphatic carbocycles. The number of halogens is 1. The lowest BCUT2D eigenvalue weighted by Gasteiger charge is -2.31. The van der Waals surface area contributed by atoms with E-state index in [0.717, 1.165) is 12.1 Å². The standard InChI is InChI=1S/C13H18FNO5S/c1-19-11-5-10(14)13(6-12(11)20-2)21(17,18)15-7-8-3-9(16)4-8/h5-6,8-9,15-16H,3-4,7H2,1-2H3. The fourth-order valence-corrected chi connectivity index (χ4v) is 3.40. The quantitative estimate of drug-likeness (QED) is 0.813. The van der Waals surface area contributed by atoms with E-state index in [0.29, 0.717) is 12.8 Å². The number of sulfonamides is 1. The first-order chi connectivity index (χ1) is 9.87. The lowest BCUT2D eigenvalue weighted by atomic mass is 9.83. The van der Waals surface area contributed by atoms with Crippen LogP contribution >= 0.6 is 0 Å². The molecule has 2 N–H and O–H groups in total. The van der Waals surface area contributed by atoms with Crippen LogP contribution in [0.4, 0.5) is 4.39 Å². The Hall–Kier alpha value is -1.38. The summed E-state index contributed by atoms with van der Waals surface area (Å²) >= 11 is 0. The SMILES string of the molecule is COc1cc(F)c(S(=O)(=O)NCC2CC(O)C2)cc1OC. The molecular weight excluding hydrogens is 301 g/mol. The Bertz CT molecular complexity index is 613. The summed E-state index contributed by atoms with van der Waals surface area (Å²) in [5.74, 6) is -0.568. The van der Waals surface area contributed by atoms with Gasteiger partial charge in [-0.05, 0) is 18.8 Å². The highest BCUT2D eigenvalue weighted by Gasteiger charge is 2.29. The number of aliphatic hydroxyl groups excluding tert-OH is 1. The van der Waals surface area contributed by atoms with Gasteiger partial charge < -0.3 is 14.6 Å². The topological polar surface area (TPSA) is 84.9 Å². The number of benzene rings is 1. The second kappa shape index (κ2) is 6.17. The monoisotopic (exact) mass is 319 g/mol. The fourth-order valence-electron chi connectivity index (χ4n) is 2.21. The van der Waals surface area contributed by atoms with Gasteiger partial charge in [-0.1, -0.05) is 0 Å². The number of methoxy groups -OCH3 is 2. The summed E-state index contributed by atoms with van der Waals surface area (Å²) in [5.41, 5.74) is 0. The Morgan fingerprint density at radius 3 is 2.38 bits per heavy atom. The third-order valence-corrected chi connectivity index (χ3v) is 4.94. The third kappa shape index (κ3) is 3.45. The smallest absolute Gasteiger partial charge is 0.243 e. The van der Waals surface area contributed by atoms with Gasteiger partial charge in [-0.25, -0.2) is 17.5 Å². The average Bonchev–Trinajstić information content (AvgIpc) is 2.41. The van der Waals surface area contributed by atoms with E-state index >= 15 is 0 Å². The van der Waals surface area contributed by atoms with Crippen molar-refractivity contribution in [3.05, 3.63) is 17.9 Å². The third-order valence-electron chi connectivity index (χ3n) is 3.50. The molecule has 0 spiro atoms. The zero-order valence-electron chi connectivity index (χ0n) is 11.8. The molecule has 0 amide bonds. The largest absolute Gasteiger partial charge is 0.493 e. The number of hydrogen-bond acceptors (Lipinski definition) is 5. The van der Waals surface area contributed by atoms with Gasteiger partial charge in [0.25, 0.3) is 0 Å². The fraction of sp³-hybridized carbons (Fsp3) is 0.538. The van der Waals surface area contributed by atoms with E-state index in [1.807, 2.05) is 0 Å². The van der Waals surface area contributed by atoms with Gasteiger partial charge in [0.15, 0.2) is 11.5 Å². The maximum atomic E-state index is 13.9. The Morgan fingerprint density at radius 1 is 1.29 bits per heavy atom. The van der Waals surface area contributed by atoms with Gasteiger partial charge in [-0.15, -0.1) is 0 Å². The van der Waals surface area contributed by atoms with Gasteiger partial charge in [0.1, 0.15) is 10.7 Å². The van der Waals surface area contributed by atoms with E-state index < -0.39 is 20.7 Å². The van der Waals surface area contributed by atoms with E-state index in [2.05, 4.69) is 4.72 Å². The molecule has 1 saturated carbocycles. The van der Waals surface area contributed by atoms with E-state index in [1.165, 1.54) is 14.2 Å². The van der Waals surface area contributed by atoms with Crippen LogP contribution in [0.3, 0.4) is 0 Å². The summed E-state index contributed by atoms with van der Waals surface area (Å²) in [5, 5.41) is 9.17. The molecule has 0 aromatic heterocycles. The molecule has 21 heavy (non-hydrogen) atoms. The first-order valence-corrected chi connectivity index (χ1v) is 7.95. The predicted molar refractivity (Wildman–Crippen MR) is 73.4 cm³/mol. The van der Waals surface area contributed by atoms with Crippen LogP contribution in [0.25, 0.3) is 0 Å². The van der Waals surface area contributed by atoms with Crippen LogP contribution in [0.15, 0.2) is 17.0 Å². The van der Waals surface area contributed by atoms with Gasteiger partial charge in [-0.2, -0.15) is 0 Å². The van der Waals surface area contributed by atoms with Crippen molar-refractivity contribution in [1.29, 1.82) is 0 Å². The summed E-state index contributed by atoms with van der Waals surface area (Å²) in [6, 6.07) is 2.06. The van der Waals surface area contributed by atoms with Crippen LogP contribution in [0.1, 0.15) is 12.8 Å². The zero-order valence-corrected chi connectivity index (χ0v) is 12.6. The van der Waals surface area contributed by atoms with Crippen LogP contribution in [0, 0.1) is 11.7 Å². The molecule has 8 heteroatoms. The number of rotatable bonds is 6. The molecule has 1 aromatic rings. The maximum absolute atomic E-state index is 13.9. The van der Waals surface area contributed by atoms with Crippen molar-refractivity contribution < 1.29 is 27.4 Å². The Morgan fingerprint density at radius 2 is 1.86 bits per heavy atom. The molecule has 0 heterocycles. The van der Waals surface area contributed by atoms with E-state index in [1.54, 1.807) is 0 Å². The molecule has 6 nitrogen and oxygen atoms in total. The van der Waals surface area contributed by atoms with Crippen molar-refractivity contribution in [3.8, 4) is 11.5 Å². The Balaban J connectivity index is 2.18. The van der Waals surface area contributed by atoms with Gasteiger partial charge >= 0.3 is 0 Å². The van der Waals surface area contributed by atoms with E-state index in [4.69, 9.17) is 14.6 Å². The van der Waals surface area contributed by atoms with E-state index in [-0.39, 0.29) is 30.1 Å². The van der Waals surface area contributed by atoms with Gasteiger partial charge in [-0.3, -0.25) is 0 Å². The zero-order chi connectivity index (χ0) is 15.6. The van der Waals surface area contributed by atoms with Crippen LogP contribution in [-0.2, 0) is 10.0 Å². The highest BCUT2D eigenvalue weighted by atomic mass is 32.2. The van der Waals surface area contributed by atoms with Crippen molar-refractivity contribution in [1.82, 2.24) is 4.72 Å². The Labute approximate surface area is 122 Å². The van der Waals surface area contributed by atoms with E-state index in [9.17, 15) is 12.8 Å². The summed E-state index contributed by atoms with van der Waals surface area (Å²) in [6.07, 6.45) is 0.741. The molecule has 0 unspecified atom stereocenters. The minimum Gasteiger partial charge on any atom is -0.493 e. The minimum atomic E-state index is -3.98. The number of hydrogen-bond donors (Lipinski definition) is 2. The summed E-state index contributed by atoms with van der Waals surface area (Å²) in [4.78, 5) is -0.486. The minimum absolute atomic E-state index is 0.0815. The molecule has 2 rings (SSSR count). The van der Waals surface area contributed by atoms with Crippen molar-refractivity contribution in [2.75, 3.05) is 20.8 Å². The molecular formula is C13H18FNO5S. The van der Waals surface area contributed by atoms with Gasteiger partial charge in [0.05, 0.1) is 20.3 Å². The van der Waals surface area contributed by atoms with Gasteiger partial charge in [0, 0.05) is 18.7 Å². The lowest BCUT2D eigenvalue weighted by Crippen LogP contribution is -2.38. The second-order valence-corrected chi connectivity index (χ2v) is 6.72. The molecule has 0 radical (unpaired) electrons. The van der Waals surface area contributed by atoms with Crippen LogP contribution in [-0.4, -0.2) is 40.4 Å². The molecule has 0 atom stereocenters. The molecule has 1 aromatic carbocycles. The molecule has 0 aliphatic heterocycles. The summed E-state index contributed by atoms with van der Waals surface area (Å²) in [6.45, 7) is 0.174. The van der Waals surface area contributed by atoms with Crippen molar-refractivity contribution in [2.45, 2.75) is 23.8 Å². The number of aliphatic hydroxyl groups is 1. The van der Waals surface area contributed by atoms with Crippen LogP contribution in [0.2, 0.25) is 0 Å². The lowest BCUT2D eigenvalue weighted by molar-refractivity contribution is 0.0453. The molecule has 0 saturated heterocycles. The molecule has 1 fully saturated rings. The molecule has 1 aliphatic rings. The normalized spacial score (nSPS) is 21.7. The highest BCUT2D eigenvalue weighted by molar-refractivity contribution is 7.89. The maximum Gasteiger partial charge on any atom is 0.243 e. The molecule has 118 valence electrons. The first kappa shape index (κ1) is 16.0. The van der Waals surface area contributed by atoms with Crippen molar-refractivity contribution in [2.24, 2.45) is 5.92 Å². The first-order valence-electron chi connectivity index (χ1n) is 6.46. The summed E-state index contributed by atoms with van der Waals surface area (Å²) < 4.78 is 50.5. The van der Waals surface area contributed by atoms with Crippen LogP contribution < -0.4 is 14.2 Å². The second-order valence-electron chi connectivity index (χ2n) is 4.98. The number of nitrogens with one attached hydrogen (secondary N) is 1. The van der Waals surface area contributed by atoms with Gasteiger partial charge in [0.2, 0.25) is 10.0 Å².